The number of aromatic nitrogens is 1. The van der Waals surface area contributed by atoms with Gasteiger partial charge in [-0.1, -0.05) is 42.5 Å². The predicted molar refractivity (Wildman–Crippen MR) is 90.9 cm³/mol. The van der Waals surface area contributed by atoms with Crippen LogP contribution in [0, 0.1) is 6.92 Å². The fourth-order valence-electron chi connectivity index (χ4n) is 2.92. The van der Waals surface area contributed by atoms with Crippen molar-refractivity contribution in [1.82, 2.24) is 4.98 Å². The number of aryl methyl sites for hydroxylation is 1. The molecule has 2 aromatic rings. The Bertz CT molecular complexity index is 654. The van der Waals surface area contributed by atoms with Crippen molar-refractivity contribution >= 4 is 23.0 Å². The average Bonchev–Trinajstić information content (AvgIpc) is 2.97. The summed E-state index contributed by atoms with van der Waals surface area (Å²) in [6.45, 7) is 4.00. The number of rotatable bonds is 3. The Morgan fingerprint density at radius 2 is 2.05 bits per heavy atom. The Hall–Kier alpha value is -1.94. The third-order valence-electron chi connectivity index (χ3n) is 4.01. The number of anilines is 1. The van der Waals surface area contributed by atoms with Crippen molar-refractivity contribution in [3.8, 4) is 0 Å². The van der Waals surface area contributed by atoms with Gasteiger partial charge in [0.15, 0.2) is 0 Å². The van der Waals surface area contributed by atoms with Gasteiger partial charge in [0.1, 0.15) is 10.8 Å². The lowest BCUT2D eigenvalue weighted by Gasteiger charge is -2.19. The van der Waals surface area contributed by atoms with Crippen LogP contribution in [0.2, 0.25) is 0 Å². The zero-order valence-corrected chi connectivity index (χ0v) is 12.9. The summed E-state index contributed by atoms with van der Waals surface area (Å²) in [6.07, 6.45) is 1.15. The standard InChI is InChI=1S/C17H19N3S/c1-12-9-15(17(18)21)10-16(19-12)20-8-7-14(11-20)13-5-3-2-4-6-13/h2-6,9-10,14H,7-8,11H2,1H3,(H2,18,21). The molecule has 0 saturated carbocycles. The second-order valence-corrected chi connectivity index (χ2v) is 6.00. The van der Waals surface area contributed by atoms with E-state index in [4.69, 9.17) is 18.0 Å². The lowest BCUT2D eigenvalue weighted by molar-refractivity contribution is 0.774. The summed E-state index contributed by atoms with van der Waals surface area (Å²) in [4.78, 5) is 7.39. The SMILES string of the molecule is Cc1cc(C(N)=S)cc(N2CCC(c3ccccc3)C2)n1. The van der Waals surface area contributed by atoms with Crippen molar-refractivity contribution in [2.45, 2.75) is 19.3 Å². The van der Waals surface area contributed by atoms with Gasteiger partial charge in [0.25, 0.3) is 0 Å². The maximum absolute atomic E-state index is 5.75. The zero-order chi connectivity index (χ0) is 14.8. The Labute approximate surface area is 130 Å². The molecule has 3 nitrogen and oxygen atoms in total. The fraction of sp³-hybridized carbons (Fsp3) is 0.294. The van der Waals surface area contributed by atoms with Crippen LogP contribution in [0.3, 0.4) is 0 Å². The molecule has 3 rings (SSSR count). The minimum Gasteiger partial charge on any atom is -0.389 e. The molecule has 1 fully saturated rings. The summed E-state index contributed by atoms with van der Waals surface area (Å²) in [5, 5.41) is 0. The normalized spacial score (nSPS) is 18.0. The summed E-state index contributed by atoms with van der Waals surface area (Å²) in [6, 6.07) is 14.6. The summed E-state index contributed by atoms with van der Waals surface area (Å²) < 4.78 is 0. The second-order valence-electron chi connectivity index (χ2n) is 5.56. The van der Waals surface area contributed by atoms with Gasteiger partial charge in [-0.25, -0.2) is 4.98 Å². The summed E-state index contributed by atoms with van der Waals surface area (Å²) in [7, 11) is 0. The van der Waals surface area contributed by atoms with Gasteiger partial charge in [-0.05, 0) is 31.0 Å². The van der Waals surface area contributed by atoms with Crippen LogP contribution in [-0.4, -0.2) is 23.1 Å². The van der Waals surface area contributed by atoms with Crippen LogP contribution in [-0.2, 0) is 0 Å². The Morgan fingerprint density at radius 3 is 2.76 bits per heavy atom. The van der Waals surface area contributed by atoms with Crippen molar-refractivity contribution in [3.05, 3.63) is 59.3 Å². The summed E-state index contributed by atoms with van der Waals surface area (Å²) >= 11 is 5.09. The highest BCUT2D eigenvalue weighted by Crippen LogP contribution is 2.30. The van der Waals surface area contributed by atoms with E-state index in [1.165, 1.54) is 5.56 Å². The maximum Gasteiger partial charge on any atom is 0.129 e. The van der Waals surface area contributed by atoms with Crippen molar-refractivity contribution in [3.63, 3.8) is 0 Å². The van der Waals surface area contributed by atoms with E-state index < -0.39 is 0 Å². The first-order valence-electron chi connectivity index (χ1n) is 7.22. The molecule has 0 aliphatic carbocycles. The van der Waals surface area contributed by atoms with Gasteiger partial charge < -0.3 is 10.6 Å². The molecule has 1 saturated heterocycles. The number of hydrogen-bond acceptors (Lipinski definition) is 3. The van der Waals surface area contributed by atoms with Crippen LogP contribution in [0.15, 0.2) is 42.5 Å². The van der Waals surface area contributed by atoms with Gasteiger partial charge in [-0.15, -0.1) is 0 Å². The molecule has 1 atom stereocenters. The van der Waals surface area contributed by atoms with Gasteiger partial charge in [0, 0.05) is 30.3 Å². The fourth-order valence-corrected chi connectivity index (χ4v) is 3.04. The molecule has 4 heteroatoms. The molecular weight excluding hydrogens is 278 g/mol. The molecule has 0 radical (unpaired) electrons. The largest absolute Gasteiger partial charge is 0.389 e. The van der Waals surface area contributed by atoms with Gasteiger partial charge in [0.2, 0.25) is 0 Å². The maximum atomic E-state index is 5.75. The van der Waals surface area contributed by atoms with Crippen LogP contribution in [0.25, 0.3) is 0 Å². The lowest BCUT2D eigenvalue weighted by Crippen LogP contribution is -2.22. The highest BCUT2D eigenvalue weighted by atomic mass is 32.1. The van der Waals surface area contributed by atoms with Crippen molar-refractivity contribution in [2.75, 3.05) is 18.0 Å². The van der Waals surface area contributed by atoms with E-state index in [1.54, 1.807) is 0 Å². The number of pyridine rings is 1. The van der Waals surface area contributed by atoms with Crippen molar-refractivity contribution in [2.24, 2.45) is 5.73 Å². The molecule has 1 aromatic heterocycles. The number of nitrogens with two attached hydrogens (primary N) is 1. The zero-order valence-electron chi connectivity index (χ0n) is 12.1. The first kappa shape index (κ1) is 14.0. The Balaban J connectivity index is 1.82. The molecule has 1 aromatic carbocycles. The van der Waals surface area contributed by atoms with E-state index >= 15 is 0 Å². The molecule has 2 N–H and O–H groups in total. The smallest absolute Gasteiger partial charge is 0.129 e. The highest BCUT2D eigenvalue weighted by Gasteiger charge is 2.25. The Morgan fingerprint density at radius 1 is 1.29 bits per heavy atom. The van der Waals surface area contributed by atoms with Crippen LogP contribution in [0.1, 0.15) is 29.2 Å². The minimum atomic E-state index is 0.431. The third kappa shape index (κ3) is 3.05. The van der Waals surface area contributed by atoms with Crippen LogP contribution >= 0.6 is 12.2 Å². The molecular formula is C17H19N3S. The van der Waals surface area contributed by atoms with Gasteiger partial charge in [0.05, 0.1) is 0 Å². The van der Waals surface area contributed by atoms with Gasteiger partial charge in [-0.2, -0.15) is 0 Å². The van der Waals surface area contributed by atoms with E-state index in [-0.39, 0.29) is 0 Å². The molecule has 2 heterocycles. The topological polar surface area (TPSA) is 42.1 Å². The van der Waals surface area contributed by atoms with Crippen LogP contribution < -0.4 is 10.6 Å². The van der Waals surface area contributed by atoms with Crippen LogP contribution in [0.5, 0.6) is 0 Å². The molecule has 1 unspecified atom stereocenters. The van der Waals surface area contributed by atoms with E-state index in [2.05, 4.69) is 40.2 Å². The second kappa shape index (κ2) is 5.82. The first-order chi connectivity index (χ1) is 10.1. The van der Waals surface area contributed by atoms with Gasteiger partial charge in [-0.3, -0.25) is 0 Å². The lowest BCUT2D eigenvalue weighted by atomic mass is 9.99. The molecule has 0 spiro atoms. The average molecular weight is 297 g/mol. The van der Waals surface area contributed by atoms with Crippen molar-refractivity contribution < 1.29 is 0 Å². The molecule has 21 heavy (non-hydrogen) atoms. The molecule has 0 amide bonds. The number of nitrogens with zero attached hydrogens (tertiary/aromatic N) is 2. The number of hydrogen-bond donors (Lipinski definition) is 1. The molecule has 108 valence electrons. The minimum absolute atomic E-state index is 0.431. The quantitative estimate of drug-likeness (QED) is 0.884. The van der Waals surface area contributed by atoms with Crippen molar-refractivity contribution in [1.29, 1.82) is 0 Å². The van der Waals surface area contributed by atoms with Gasteiger partial charge >= 0.3 is 0 Å². The van der Waals surface area contributed by atoms with E-state index in [0.717, 1.165) is 36.6 Å². The van der Waals surface area contributed by atoms with E-state index in [0.29, 0.717) is 10.9 Å². The predicted octanol–water partition coefficient (Wildman–Crippen LogP) is 3.02. The monoisotopic (exact) mass is 297 g/mol. The highest BCUT2D eigenvalue weighted by molar-refractivity contribution is 7.80. The number of benzene rings is 1. The van der Waals surface area contributed by atoms with E-state index in [9.17, 15) is 0 Å². The first-order valence-corrected chi connectivity index (χ1v) is 7.62. The summed E-state index contributed by atoms with van der Waals surface area (Å²) in [5.74, 6) is 1.55. The van der Waals surface area contributed by atoms with Crippen LogP contribution in [0.4, 0.5) is 5.82 Å². The Kier molecular flexibility index (Phi) is 3.88. The molecule has 1 aliphatic heterocycles. The third-order valence-corrected chi connectivity index (χ3v) is 4.24. The van der Waals surface area contributed by atoms with E-state index in [1.807, 2.05) is 19.1 Å². The summed E-state index contributed by atoms with van der Waals surface area (Å²) in [5.41, 5.74) is 9.01. The molecule has 0 bridgehead atoms. The number of thiocarbonyl (C=S) groups is 1. The molecule has 1 aliphatic rings.